The number of rotatable bonds is 2. The van der Waals surface area contributed by atoms with Gasteiger partial charge in [0, 0.05) is 23.5 Å². The van der Waals surface area contributed by atoms with Gasteiger partial charge in [-0.05, 0) is 29.9 Å². The molecule has 1 N–H and O–H groups in total. The zero-order chi connectivity index (χ0) is 14.3. The molecule has 0 bridgehead atoms. The molecule has 0 aromatic rings. The molecule has 2 atom stereocenters. The van der Waals surface area contributed by atoms with Crippen LogP contribution in [0.2, 0.25) is 0 Å². The van der Waals surface area contributed by atoms with E-state index >= 15 is 0 Å². The minimum absolute atomic E-state index is 0.0204. The SMILES string of the molecule is CC(C)CC1C(=O)NC(=O)CC12CSCCC2(C)C. The summed E-state index contributed by atoms with van der Waals surface area (Å²) in [5.41, 5.74) is -0.0924. The maximum atomic E-state index is 12.4. The fourth-order valence-electron chi connectivity index (χ4n) is 3.62. The highest BCUT2D eigenvalue weighted by atomic mass is 32.2. The van der Waals surface area contributed by atoms with E-state index < -0.39 is 0 Å². The van der Waals surface area contributed by atoms with E-state index in [1.807, 2.05) is 11.8 Å². The molecule has 1 spiro atoms. The Morgan fingerprint density at radius 1 is 1.37 bits per heavy atom. The van der Waals surface area contributed by atoms with Crippen LogP contribution < -0.4 is 5.32 Å². The first-order chi connectivity index (χ1) is 8.78. The summed E-state index contributed by atoms with van der Waals surface area (Å²) in [6, 6.07) is 0. The highest BCUT2D eigenvalue weighted by Crippen LogP contribution is 2.57. The van der Waals surface area contributed by atoms with Gasteiger partial charge in [-0.25, -0.2) is 0 Å². The predicted octanol–water partition coefficient (Wildman–Crippen LogP) is 2.84. The average molecular weight is 283 g/mol. The topological polar surface area (TPSA) is 46.2 Å². The van der Waals surface area contributed by atoms with E-state index in [2.05, 4.69) is 33.0 Å². The number of amides is 2. The second-order valence-corrected chi connectivity index (χ2v) is 8.22. The Hall–Kier alpha value is -0.510. The fraction of sp³-hybridized carbons (Fsp3) is 0.867. The van der Waals surface area contributed by atoms with Gasteiger partial charge in [0.05, 0.1) is 0 Å². The number of piperidine rings is 1. The number of hydrogen-bond donors (Lipinski definition) is 1. The van der Waals surface area contributed by atoms with Crippen LogP contribution in [0.15, 0.2) is 0 Å². The summed E-state index contributed by atoms with van der Waals surface area (Å²) in [6.07, 6.45) is 2.48. The molecule has 3 nitrogen and oxygen atoms in total. The summed E-state index contributed by atoms with van der Waals surface area (Å²) < 4.78 is 0. The smallest absolute Gasteiger partial charge is 0.230 e. The highest BCUT2D eigenvalue weighted by Gasteiger charge is 2.57. The molecule has 0 radical (unpaired) electrons. The third-order valence-electron chi connectivity index (χ3n) is 5.01. The van der Waals surface area contributed by atoms with E-state index in [1.54, 1.807) is 0 Å². The molecule has 2 heterocycles. The molecule has 2 fully saturated rings. The molecule has 2 aliphatic rings. The van der Waals surface area contributed by atoms with Crippen molar-refractivity contribution in [1.29, 1.82) is 0 Å². The first-order valence-corrected chi connectivity index (χ1v) is 8.35. The van der Waals surface area contributed by atoms with Gasteiger partial charge in [0.2, 0.25) is 11.8 Å². The monoisotopic (exact) mass is 283 g/mol. The van der Waals surface area contributed by atoms with Crippen LogP contribution in [-0.4, -0.2) is 23.3 Å². The van der Waals surface area contributed by atoms with Crippen LogP contribution in [0.4, 0.5) is 0 Å². The van der Waals surface area contributed by atoms with Crippen molar-refractivity contribution in [2.24, 2.45) is 22.7 Å². The van der Waals surface area contributed by atoms with E-state index in [0.29, 0.717) is 12.3 Å². The standard InChI is InChI=1S/C15H25NO2S/c1-10(2)7-11-13(18)16-12(17)8-15(11)9-19-6-5-14(15,3)4/h10-11H,5-9H2,1-4H3,(H,16,17,18). The zero-order valence-corrected chi connectivity index (χ0v) is 13.2. The third-order valence-corrected chi connectivity index (χ3v) is 6.22. The van der Waals surface area contributed by atoms with Gasteiger partial charge in [-0.2, -0.15) is 11.8 Å². The minimum Gasteiger partial charge on any atom is -0.296 e. The van der Waals surface area contributed by atoms with Crippen molar-refractivity contribution in [2.75, 3.05) is 11.5 Å². The molecule has 0 saturated carbocycles. The molecular weight excluding hydrogens is 258 g/mol. The lowest BCUT2D eigenvalue weighted by Gasteiger charge is -2.55. The summed E-state index contributed by atoms with van der Waals surface area (Å²) >= 11 is 1.91. The molecule has 2 amide bonds. The van der Waals surface area contributed by atoms with Crippen LogP contribution >= 0.6 is 11.8 Å². The van der Waals surface area contributed by atoms with Gasteiger partial charge in [-0.3, -0.25) is 14.9 Å². The van der Waals surface area contributed by atoms with Gasteiger partial charge in [0.1, 0.15) is 0 Å². The molecule has 19 heavy (non-hydrogen) atoms. The Balaban J connectivity index is 2.40. The maximum absolute atomic E-state index is 12.4. The Kier molecular flexibility index (Phi) is 4.01. The Bertz CT molecular complexity index is 392. The molecular formula is C15H25NO2S. The van der Waals surface area contributed by atoms with Gasteiger partial charge >= 0.3 is 0 Å². The van der Waals surface area contributed by atoms with E-state index in [4.69, 9.17) is 0 Å². The van der Waals surface area contributed by atoms with Crippen LogP contribution in [0.5, 0.6) is 0 Å². The highest BCUT2D eigenvalue weighted by molar-refractivity contribution is 7.99. The molecule has 0 aromatic carbocycles. The van der Waals surface area contributed by atoms with Crippen LogP contribution in [0.3, 0.4) is 0 Å². The van der Waals surface area contributed by atoms with E-state index in [1.165, 1.54) is 0 Å². The van der Waals surface area contributed by atoms with Gasteiger partial charge < -0.3 is 0 Å². The fourth-order valence-corrected chi connectivity index (χ4v) is 5.48. The Morgan fingerprint density at radius 3 is 2.63 bits per heavy atom. The first-order valence-electron chi connectivity index (χ1n) is 7.20. The predicted molar refractivity (Wildman–Crippen MR) is 78.9 cm³/mol. The molecule has 2 aliphatic heterocycles. The molecule has 0 aliphatic carbocycles. The van der Waals surface area contributed by atoms with Gasteiger partial charge in [-0.15, -0.1) is 0 Å². The molecule has 108 valence electrons. The molecule has 2 rings (SSSR count). The lowest BCUT2D eigenvalue weighted by atomic mass is 9.54. The second kappa shape index (κ2) is 5.12. The number of thioether (sulfide) groups is 1. The summed E-state index contributed by atoms with van der Waals surface area (Å²) in [5.74, 6) is 2.41. The van der Waals surface area contributed by atoms with Crippen molar-refractivity contribution in [3.05, 3.63) is 0 Å². The van der Waals surface area contributed by atoms with Gasteiger partial charge in [-0.1, -0.05) is 27.7 Å². The van der Waals surface area contributed by atoms with E-state index in [-0.39, 0.29) is 28.6 Å². The van der Waals surface area contributed by atoms with Crippen molar-refractivity contribution >= 4 is 23.6 Å². The van der Waals surface area contributed by atoms with Crippen LogP contribution in [0.1, 0.15) is 47.0 Å². The molecule has 4 heteroatoms. The van der Waals surface area contributed by atoms with E-state index in [9.17, 15) is 9.59 Å². The van der Waals surface area contributed by atoms with Gasteiger partial charge in [0.25, 0.3) is 0 Å². The van der Waals surface area contributed by atoms with Crippen molar-refractivity contribution < 1.29 is 9.59 Å². The number of imide groups is 1. The zero-order valence-electron chi connectivity index (χ0n) is 12.4. The Morgan fingerprint density at radius 2 is 2.05 bits per heavy atom. The Labute approximate surface area is 120 Å². The van der Waals surface area contributed by atoms with Crippen LogP contribution in [0, 0.1) is 22.7 Å². The molecule has 0 aromatic heterocycles. The molecule has 2 saturated heterocycles. The van der Waals surface area contributed by atoms with Crippen LogP contribution in [-0.2, 0) is 9.59 Å². The lowest BCUT2D eigenvalue weighted by Crippen LogP contribution is -2.60. The van der Waals surface area contributed by atoms with Crippen molar-refractivity contribution in [1.82, 2.24) is 5.32 Å². The number of carbonyl (C=O) groups is 2. The largest absolute Gasteiger partial charge is 0.296 e. The van der Waals surface area contributed by atoms with E-state index in [0.717, 1.165) is 24.3 Å². The second-order valence-electron chi connectivity index (χ2n) is 7.11. The summed E-state index contributed by atoms with van der Waals surface area (Å²) in [5, 5.41) is 2.56. The first kappa shape index (κ1) is 14.9. The lowest BCUT2D eigenvalue weighted by molar-refractivity contribution is -0.150. The number of carbonyl (C=O) groups excluding carboxylic acids is 2. The summed E-state index contributed by atoms with van der Waals surface area (Å²) in [6.45, 7) is 8.79. The normalized spacial score (nSPS) is 34.7. The average Bonchev–Trinajstić information content (AvgIpc) is 2.27. The van der Waals surface area contributed by atoms with Crippen molar-refractivity contribution in [3.63, 3.8) is 0 Å². The van der Waals surface area contributed by atoms with Gasteiger partial charge in [0.15, 0.2) is 0 Å². The minimum atomic E-state index is -0.153. The maximum Gasteiger partial charge on any atom is 0.230 e. The van der Waals surface area contributed by atoms with Crippen molar-refractivity contribution in [2.45, 2.75) is 47.0 Å². The van der Waals surface area contributed by atoms with Crippen LogP contribution in [0.25, 0.3) is 0 Å². The van der Waals surface area contributed by atoms with Crippen molar-refractivity contribution in [3.8, 4) is 0 Å². The third kappa shape index (κ3) is 2.56. The molecule has 2 unspecified atom stereocenters. The quantitative estimate of drug-likeness (QED) is 0.793. The summed E-state index contributed by atoms with van der Waals surface area (Å²) in [4.78, 5) is 24.3. The summed E-state index contributed by atoms with van der Waals surface area (Å²) in [7, 11) is 0. The number of hydrogen-bond acceptors (Lipinski definition) is 3. The number of nitrogens with one attached hydrogen (secondary N) is 1.